The molecule has 7 aromatic carbocycles. The van der Waals surface area contributed by atoms with Gasteiger partial charge in [0.15, 0.2) is 17.5 Å². The van der Waals surface area contributed by atoms with Crippen molar-refractivity contribution in [2.45, 2.75) is 0 Å². The van der Waals surface area contributed by atoms with Crippen LogP contribution in [0.15, 0.2) is 162 Å². The number of hydrogen-bond donors (Lipinski definition) is 0. The molecule has 4 heterocycles. The van der Waals surface area contributed by atoms with Crippen LogP contribution in [0.5, 0.6) is 0 Å². The van der Waals surface area contributed by atoms with Crippen LogP contribution in [0.1, 0.15) is 0 Å². The lowest BCUT2D eigenvalue weighted by Gasteiger charge is -2.11. The summed E-state index contributed by atoms with van der Waals surface area (Å²) >= 11 is 3.50. The molecule has 0 aliphatic rings. The molecular weight excluding hydrogens is 689 g/mol. The largest absolute Gasteiger partial charge is 0.456 e. The van der Waals surface area contributed by atoms with Crippen LogP contribution in [0.4, 0.5) is 0 Å². The highest BCUT2D eigenvalue weighted by atomic mass is 32.1. The van der Waals surface area contributed by atoms with Gasteiger partial charge in [0.1, 0.15) is 16.2 Å². The third-order valence-electron chi connectivity index (χ3n) is 9.79. The third-order valence-corrected chi connectivity index (χ3v) is 12.0. The van der Waals surface area contributed by atoms with Crippen LogP contribution in [0, 0.1) is 0 Å². The number of para-hydroxylation sites is 1. The number of rotatable bonds is 5. The van der Waals surface area contributed by atoms with Gasteiger partial charge in [0, 0.05) is 53.2 Å². The van der Waals surface area contributed by atoms with Crippen LogP contribution in [0.25, 0.3) is 108 Å². The van der Waals surface area contributed by atoms with Gasteiger partial charge in [0.05, 0.1) is 10.2 Å². The van der Waals surface area contributed by atoms with Gasteiger partial charge in [-0.1, -0.05) is 115 Å². The Morgan fingerprint density at radius 2 is 0.962 bits per heavy atom. The van der Waals surface area contributed by atoms with E-state index in [0.717, 1.165) is 71.2 Å². The van der Waals surface area contributed by atoms with E-state index in [0.29, 0.717) is 17.5 Å². The molecule has 0 atom stereocenters. The lowest BCUT2D eigenvalue weighted by atomic mass is 9.96. The van der Waals surface area contributed by atoms with Gasteiger partial charge >= 0.3 is 0 Å². The Morgan fingerprint density at radius 3 is 1.77 bits per heavy atom. The molecule has 0 saturated heterocycles. The number of hydrogen-bond acceptors (Lipinski definition) is 7. The number of thiazole rings is 1. The second-order valence-electron chi connectivity index (χ2n) is 13.0. The lowest BCUT2D eigenvalue weighted by Crippen LogP contribution is -2.00. The average Bonchev–Trinajstić information content (AvgIpc) is 3.94. The van der Waals surface area contributed by atoms with Crippen molar-refractivity contribution in [1.82, 2.24) is 19.9 Å². The van der Waals surface area contributed by atoms with E-state index in [1.54, 1.807) is 22.7 Å². The van der Waals surface area contributed by atoms with Gasteiger partial charge in [-0.2, -0.15) is 0 Å². The molecule has 0 bridgehead atoms. The Balaban J connectivity index is 1.15. The molecular formula is C46H26N4OS2. The van der Waals surface area contributed by atoms with E-state index in [1.807, 2.05) is 54.6 Å². The van der Waals surface area contributed by atoms with Crippen LogP contribution in [-0.4, -0.2) is 19.9 Å². The smallest absolute Gasteiger partial charge is 0.164 e. The summed E-state index contributed by atoms with van der Waals surface area (Å²) in [6.45, 7) is 0. The van der Waals surface area contributed by atoms with Crippen molar-refractivity contribution in [3.05, 3.63) is 158 Å². The Hall–Kier alpha value is -6.54. The normalized spacial score (nSPS) is 11.8. The molecule has 53 heavy (non-hydrogen) atoms. The number of furan rings is 1. The summed E-state index contributed by atoms with van der Waals surface area (Å²) in [6, 6.07) is 54.4. The van der Waals surface area contributed by atoms with Crippen LogP contribution in [0.3, 0.4) is 0 Å². The fourth-order valence-corrected chi connectivity index (χ4v) is 9.50. The molecule has 11 rings (SSSR count). The molecule has 0 spiro atoms. The predicted octanol–water partition coefficient (Wildman–Crippen LogP) is 13.1. The minimum absolute atomic E-state index is 0.594. The third kappa shape index (κ3) is 4.97. The summed E-state index contributed by atoms with van der Waals surface area (Å²) in [5, 5.41) is 5.35. The first-order valence-electron chi connectivity index (χ1n) is 17.4. The monoisotopic (exact) mass is 714 g/mol. The summed E-state index contributed by atoms with van der Waals surface area (Å²) in [7, 11) is 0. The Bertz CT molecular complexity index is 3160. The molecule has 0 saturated carbocycles. The number of aromatic nitrogens is 4. The number of benzene rings is 7. The first-order chi connectivity index (χ1) is 26.2. The topological polar surface area (TPSA) is 64.7 Å². The second kappa shape index (κ2) is 12.0. The average molecular weight is 715 g/mol. The quantitative estimate of drug-likeness (QED) is 0.178. The Labute approximate surface area is 311 Å². The molecule has 0 aliphatic heterocycles. The Kier molecular flexibility index (Phi) is 6.83. The van der Waals surface area contributed by atoms with E-state index in [4.69, 9.17) is 24.4 Å². The number of thiophene rings is 1. The van der Waals surface area contributed by atoms with Crippen molar-refractivity contribution >= 4 is 75.0 Å². The molecule has 0 amide bonds. The molecule has 0 unspecified atom stereocenters. The maximum atomic E-state index is 6.58. The fraction of sp³-hybridized carbons (Fsp3) is 0. The highest BCUT2D eigenvalue weighted by Gasteiger charge is 2.21. The van der Waals surface area contributed by atoms with Gasteiger partial charge in [-0.25, -0.2) is 19.9 Å². The lowest BCUT2D eigenvalue weighted by molar-refractivity contribution is 0.669. The van der Waals surface area contributed by atoms with E-state index in [2.05, 4.69) is 103 Å². The minimum Gasteiger partial charge on any atom is -0.456 e. The minimum atomic E-state index is 0.594. The summed E-state index contributed by atoms with van der Waals surface area (Å²) < 4.78 is 10.2. The van der Waals surface area contributed by atoms with E-state index in [-0.39, 0.29) is 0 Å². The van der Waals surface area contributed by atoms with Gasteiger partial charge in [-0.15, -0.1) is 22.7 Å². The van der Waals surface area contributed by atoms with Crippen LogP contribution >= 0.6 is 22.7 Å². The van der Waals surface area contributed by atoms with Crippen molar-refractivity contribution < 1.29 is 4.42 Å². The molecule has 0 aliphatic carbocycles. The molecule has 7 heteroatoms. The van der Waals surface area contributed by atoms with Crippen molar-refractivity contribution in [2.75, 3.05) is 0 Å². The van der Waals surface area contributed by atoms with Gasteiger partial charge < -0.3 is 4.42 Å². The van der Waals surface area contributed by atoms with Crippen LogP contribution in [0.2, 0.25) is 0 Å². The molecule has 4 aromatic heterocycles. The van der Waals surface area contributed by atoms with Gasteiger partial charge in [0.25, 0.3) is 0 Å². The zero-order chi connectivity index (χ0) is 34.9. The highest BCUT2D eigenvalue weighted by molar-refractivity contribution is 7.26. The molecule has 0 radical (unpaired) electrons. The standard InChI is InChI=1S/C46H26N4OS2/c1-2-12-27(13-3-1)43-48-44(32-19-11-25-39-40(32)31-16-4-6-23-37(31)52-39)50-45(49-43)33-18-10-22-36-42(33)41-30(17-9-21-35(41)51-36)28-14-8-15-29(26-28)46-47-34-20-5-7-24-38(34)53-46/h1-26H. The van der Waals surface area contributed by atoms with Crippen LogP contribution < -0.4 is 0 Å². The number of fused-ring (bicyclic) bond motifs is 7. The zero-order valence-corrected chi connectivity index (χ0v) is 29.7. The summed E-state index contributed by atoms with van der Waals surface area (Å²) in [4.78, 5) is 20.5. The molecule has 0 N–H and O–H groups in total. The van der Waals surface area contributed by atoms with Crippen molar-refractivity contribution in [3.8, 4) is 55.9 Å². The van der Waals surface area contributed by atoms with Crippen molar-refractivity contribution in [2.24, 2.45) is 0 Å². The fourth-order valence-electron chi connectivity index (χ4n) is 7.40. The number of nitrogens with zero attached hydrogens (tertiary/aromatic N) is 4. The second-order valence-corrected chi connectivity index (χ2v) is 15.1. The van der Waals surface area contributed by atoms with E-state index in [9.17, 15) is 0 Å². The molecule has 0 fully saturated rings. The SMILES string of the molecule is c1ccc(-c2nc(-c3cccc4sc5ccccc5c34)nc(-c3cccc4oc5cccc(-c6cccc(-c7nc8ccccc8s7)c6)c5c34)n2)cc1. The van der Waals surface area contributed by atoms with E-state index < -0.39 is 0 Å². The first-order valence-corrected chi connectivity index (χ1v) is 19.0. The van der Waals surface area contributed by atoms with Gasteiger partial charge in [-0.3, -0.25) is 0 Å². The molecule has 5 nitrogen and oxygen atoms in total. The summed E-state index contributed by atoms with van der Waals surface area (Å²) in [6.07, 6.45) is 0. The molecule has 11 aromatic rings. The predicted molar refractivity (Wildman–Crippen MR) is 220 cm³/mol. The maximum absolute atomic E-state index is 6.58. The summed E-state index contributed by atoms with van der Waals surface area (Å²) in [5.74, 6) is 1.85. The van der Waals surface area contributed by atoms with Crippen molar-refractivity contribution in [1.29, 1.82) is 0 Å². The maximum Gasteiger partial charge on any atom is 0.164 e. The van der Waals surface area contributed by atoms with Crippen molar-refractivity contribution in [3.63, 3.8) is 0 Å². The van der Waals surface area contributed by atoms with Gasteiger partial charge in [-0.05, 0) is 53.6 Å². The van der Waals surface area contributed by atoms with E-state index in [1.165, 1.54) is 19.5 Å². The van der Waals surface area contributed by atoms with E-state index >= 15 is 0 Å². The van der Waals surface area contributed by atoms with Crippen LogP contribution in [-0.2, 0) is 0 Å². The molecule has 248 valence electrons. The van der Waals surface area contributed by atoms with Gasteiger partial charge in [0.2, 0.25) is 0 Å². The summed E-state index contributed by atoms with van der Waals surface area (Å²) in [5.41, 5.74) is 8.64. The highest BCUT2D eigenvalue weighted by Crippen LogP contribution is 2.43. The zero-order valence-electron chi connectivity index (χ0n) is 28.0. The Morgan fingerprint density at radius 1 is 0.377 bits per heavy atom. The first kappa shape index (κ1) is 30.1.